The van der Waals surface area contributed by atoms with E-state index >= 15 is 0 Å². The Labute approximate surface area is 53.0 Å². The molecule has 1 N–H and O–H groups in total. The number of alkyl halides is 2. The van der Waals surface area contributed by atoms with Crippen LogP contribution in [0.15, 0.2) is 0 Å². The highest BCUT2D eigenvalue weighted by molar-refractivity contribution is 6.30. The van der Waals surface area contributed by atoms with E-state index in [0.717, 1.165) is 13.0 Å². The van der Waals surface area contributed by atoms with Gasteiger partial charge in [-0.1, -0.05) is 0 Å². The summed E-state index contributed by atoms with van der Waals surface area (Å²) in [5.74, 6) is 0. The molecule has 0 amide bonds. The van der Waals surface area contributed by atoms with Gasteiger partial charge in [-0.15, -0.1) is 23.2 Å². The minimum absolute atomic E-state index is 0.00154. The van der Waals surface area contributed by atoms with Crippen molar-refractivity contribution in [2.75, 3.05) is 6.54 Å². The van der Waals surface area contributed by atoms with E-state index in [2.05, 4.69) is 5.32 Å². The lowest BCUT2D eigenvalue weighted by Gasteiger charge is -2.00. The third-order valence-electron chi connectivity index (χ3n) is 1.08. The van der Waals surface area contributed by atoms with Crippen LogP contribution in [0.4, 0.5) is 0 Å². The van der Waals surface area contributed by atoms with Crippen LogP contribution in [0.3, 0.4) is 0 Å². The molecule has 3 heteroatoms. The number of rotatable bonds is 0. The van der Waals surface area contributed by atoms with Gasteiger partial charge in [-0.2, -0.15) is 0 Å². The molecule has 1 nitrogen and oxygen atoms in total. The van der Waals surface area contributed by atoms with Crippen LogP contribution in [-0.2, 0) is 0 Å². The predicted molar refractivity (Wildman–Crippen MR) is 31.9 cm³/mol. The third kappa shape index (κ3) is 1.21. The summed E-state index contributed by atoms with van der Waals surface area (Å²) in [6.45, 7) is 0.961. The second-order valence-corrected chi connectivity index (χ2v) is 2.69. The van der Waals surface area contributed by atoms with E-state index in [4.69, 9.17) is 23.2 Å². The van der Waals surface area contributed by atoms with Crippen LogP contribution in [0, 0.1) is 0 Å². The predicted octanol–water partition coefficient (Wildman–Crippen LogP) is 1.15. The second kappa shape index (κ2) is 2.21. The van der Waals surface area contributed by atoms with E-state index in [0.29, 0.717) is 0 Å². The van der Waals surface area contributed by atoms with Crippen molar-refractivity contribution in [3.05, 3.63) is 0 Å². The minimum atomic E-state index is 0.00154. The molecule has 0 bridgehead atoms. The highest BCUT2D eigenvalue weighted by Gasteiger charge is 2.21. The molecule has 1 rings (SSSR count). The highest BCUT2D eigenvalue weighted by atomic mass is 35.5. The average molecular weight is 140 g/mol. The van der Waals surface area contributed by atoms with Crippen molar-refractivity contribution < 1.29 is 0 Å². The third-order valence-corrected chi connectivity index (χ3v) is 2.13. The quantitative estimate of drug-likeness (QED) is 0.393. The average Bonchev–Trinajstić information content (AvgIpc) is 1.91. The molecule has 0 saturated carbocycles. The number of hydrogen-bond acceptors (Lipinski definition) is 1. The van der Waals surface area contributed by atoms with Crippen molar-refractivity contribution in [1.29, 1.82) is 0 Å². The van der Waals surface area contributed by atoms with E-state index in [1.807, 2.05) is 0 Å². The first kappa shape index (κ1) is 5.67. The first-order valence-electron chi connectivity index (χ1n) is 2.32. The van der Waals surface area contributed by atoms with Gasteiger partial charge in [0.25, 0.3) is 0 Å². The monoisotopic (exact) mass is 139 g/mol. The van der Waals surface area contributed by atoms with Crippen LogP contribution in [0.1, 0.15) is 6.42 Å². The van der Waals surface area contributed by atoms with Crippen molar-refractivity contribution in [1.82, 2.24) is 5.32 Å². The maximum atomic E-state index is 5.67. The molecule has 2 unspecified atom stereocenters. The van der Waals surface area contributed by atoms with Gasteiger partial charge in [-0.25, -0.2) is 0 Å². The number of halogens is 2. The van der Waals surface area contributed by atoms with Gasteiger partial charge in [0, 0.05) is 0 Å². The zero-order valence-corrected chi connectivity index (χ0v) is 5.34. The molecule has 0 spiro atoms. The molecule has 1 aliphatic rings. The van der Waals surface area contributed by atoms with Crippen molar-refractivity contribution in [3.8, 4) is 0 Å². The molecule has 7 heavy (non-hydrogen) atoms. The maximum Gasteiger partial charge on any atom is 0.0991 e. The minimum Gasteiger partial charge on any atom is -0.300 e. The smallest absolute Gasteiger partial charge is 0.0991 e. The Balaban J connectivity index is 2.33. The lowest BCUT2D eigenvalue weighted by atomic mass is 10.4. The summed E-state index contributed by atoms with van der Waals surface area (Å²) in [6, 6.07) is 0. The molecule has 0 aromatic heterocycles. The zero-order valence-electron chi connectivity index (χ0n) is 3.82. The van der Waals surface area contributed by atoms with Crippen LogP contribution < -0.4 is 5.32 Å². The molecule has 1 aliphatic heterocycles. The first-order valence-corrected chi connectivity index (χ1v) is 3.19. The van der Waals surface area contributed by atoms with Crippen LogP contribution in [0.2, 0.25) is 0 Å². The fraction of sp³-hybridized carbons (Fsp3) is 1.00. The first-order chi connectivity index (χ1) is 3.30. The number of hydrogen-bond donors (Lipinski definition) is 1. The summed E-state index contributed by atoms with van der Waals surface area (Å²) in [5, 5.41) is 3.14. The molecule has 1 fully saturated rings. The normalized spacial score (nSPS) is 42.0. The summed E-state index contributed by atoms with van der Waals surface area (Å²) in [4.78, 5) is 0. The van der Waals surface area contributed by atoms with Crippen LogP contribution in [0.25, 0.3) is 0 Å². The SMILES string of the molecule is ClC1CCNC1Cl. The summed E-state index contributed by atoms with van der Waals surface area (Å²) < 4.78 is 0. The summed E-state index contributed by atoms with van der Waals surface area (Å²) in [6.07, 6.45) is 0.996. The second-order valence-electron chi connectivity index (χ2n) is 1.66. The van der Waals surface area contributed by atoms with E-state index in [1.54, 1.807) is 0 Å². The molecular weight excluding hydrogens is 133 g/mol. The Hall–Kier alpha value is 0.540. The van der Waals surface area contributed by atoms with Gasteiger partial charge >= 0.3 is 0 Å². The molecule has 2 atom stereocenters. The van der Waals surface area contributed by atoms with Gasteiger partial charge in [-0.05, 0) is 13.0 Å². The van der Waals surface area contributed by atoms with Gasteiger partial charge in [0.05, 0.1) is 10.9 Å². The molecule has 0 aromatic rings. The van der Waals surface area contributed by atoms with Crippen LogP contribution in [-0.4, -0.2) is 17.4 Å². The zero-order chi connectivity index (χ0) is 5.28. The van der Waals surface area contributed by atoms with E-state index in [-0.39, 0.29) is 10.9 Å². The maximum absolute atomic E-state index is 5.67. The lowest BCUT2D eigenvalue weighted by molar-refractivity contribution is 0.799. The van der Waals surface area contributed by atoms with Gasteiger partial charge in [0.2, 0.25) is 0 Å². The lowest BCUT2D eigenvalue weighted by Crippen LogP contribution is -2.19. The van der Waals surface area contributed by atoms with Gasteiger partial charge < -0.3 is 5.32 Å². The van der Waals surface area contributed by atoms with Crippen LogP contribution in [0.5, 0.6) is 0 Å². The molecule has 0 aromatic carbocycles. The van der Waals surface area contributed by atoms with Crippen LogP contribution >= 0.6 is 23.2 Å². The molecule has 42 valence electrons. The summed E-state index contributed by atoms with van der Waals surface area (Å²) >= 11 is 11.3. The fourth-order valence-electron chi connectivity index (χ4n) is 0.633. The standard InChI is InChI=1S/C4H7Cl2N/c5-3-1-2-7-4(3)6/h3-4,7H,1-2H2. The molecule has 1 saturated heterocycles. The van der Waals surface area contributed by atoms with E-state index < -0.39 is 0 Å². The Bertz CT molecular complexity index is 58.7. The van der Waals surface area contributed by atoms with Crippen molar-refractivity contribution >= 4 is 23.2 Å². The van der Waals surface area contributed by atoms with E-state index in [9.17, 15) is 0 Å². The largest absolute Gasteiger partial charge is 0.300 e. The van der Waals surface area contributed by atoms with Gasteiger partial charge in [0.15, 0.2) is 0 Å². The summed E-state index contributed by atoms with van der Waals surface area (Å²) in [7, 11) is 0. The Kier molecular flexibility index (Phi) is 1.79. The van der Waals surface area contributed by atoms with Crippen molar-refractivity contribution in [2.45, 2.75) is 17.3 Å². The number of nitrogens with one attached hydrogen (secondary N) is 1. The molecule has 1 heterocycles. The summed E-state index contributed by atoms with van der Waals surface area (Å²) in [5.41, 5.74) is 0.00154. The Morgan fingerprint density at radius 2 is 2.14 bits per heavy atom. The van der Waals surface area contributed by atoms with Crippen molar-refractivity contribution in [2.24, 2.45) is 0 Å². The Morgan fingerprint density at radius 1 is 1.43 bits per heavy atom. The Morgan fingerprint density at radius 3 is 2.29 bits per heavy atom. The topological polar surface area (TPSA) is 12.0 Å². The molecule has 0 radical (unpaired) electrons. The molecular formula is C4H7Cl2N. The fourth-order valence-corrected chi connectivity index (χ4v) is 1.07. The van der Waals surface area contributed by atoms with Crippen molar-refractivity contribution in [3.63, 3.8) is 0 Å². The van der Waals surface area contributed by atoms with Gasteiger partial charge in [-0.3, -0.25) is 0 Å². The highest BCUT2D eigenvalue weighted by Crippen LogP contribution is 2.15. The van der Waals surface area contributed by atoms with E-state index in [1.165, 1.54) is 0 Å². The molecule has 0 aliphatic carbocycles. The van der Waals surface area contributed by atoms with Gasteiger partial charge in [0.1, 0.15) is 0 Å².